The summed E-state index contributed by atoms with van der Waals surface area (Å²) < 4.78 is 7.46. The molecular weight excluding hydrogens is 475 g/mol. The van der Waals surface area contributed by atoms with Crippen LogP contribution in [0.5, 0.6) is 5.88 Å². The summed E-state index contributed by atoms with van der Waals surface area (Å²) in [6.45, 7) is -0.259. The van der Waals surface area contributed by atoms with Gasteiger partial charge in [0, 0.05) is 10.6 Å². The van der Waals surface area contributed by atoms with Gasteiger partial charge in [0.15, 0.2) is 12.4 Å². The Kier molecular flexibility index (Phi) is 6.07. The fourth-order valence-corrected chi connectivity index (χ4v) is 3.76. The third-order valence-corrected chi connectivity index (χ3v) is 5.47. The summed E-state index contributed by atoms with van der Waals surface area (Å²) in [4.78, 5) is 25.7. The van der Waals surface area contributed by atoms with Crippen LogP contribution in [0.3, 0.4) is 0 Å². The number of hydrogen-bond acceptors (Lipinski definition) is 6. The van der Waals surface area contributed by atoms with Crippen LogP contribution in [0.25, 0.3) is 28.0 Å². The molecule has 0 aliphatic rings. The molecule has 2 aromatic heterocycles. The fourth-order valence-electron chi connectivity index (χ4n) is 3.30. The molecule has 0 spiro atoms. The van der Waals surface area contributed by atoms with Crippen LogP contribution in [0.4, 0.5) is 5.69 Å². The number of nitrogens with one attached hydrogen (secondary N) is 1. The van der Waals surface area contributed by atoms with Gasteiger partial charge in [0.1, 0.15) is 12.7 Å². The summed E-state index contributed by atoms with van der Waals surface area (Å²) >= 11 is 12.0. The van der Waals surface area contributed by atoms with E-state index in [4.69, 9.17) is 27.9 Å². The van der Waals surface area contributed by atoms with Gasteiger partial charge in [0.05, 0.1) is 27.3 Å². The summed E-state index contributed by atoms with van der Waals surface area (Å²) in [6.07, 6.45) is 3.09. The Morgan fingerprint density at radius 2 is 1.82 bits per heavy atom. The number of carbonyl (C=O) groups excluding carboxylic acids is 1. The number of fused-ring (bicyclic) bond motifs is 1. The Morgan fingerprint density at radius 3 is 2.59 bits per heavy atom. The first kappa shape index (κ1) is 21.8. The van der Waals surface area contributed by atoms with E-state index >= 15 is 0 Å². The third-order valence-electron chi connectivity index (χ3n) is 4.92. The highest BCUT2D eigenvalue weighted by atomic mass is 35.5. The first-order valence-corrected chi connectivity index (χ1v) is 10.9. The maximum absolute atomic E-state index is 12.5. The zero-order valence-corrected chi connectivity index (χ0v) is 19.0. The number of halogens is 2. The zero-order valence-electron chi connectivity index (χ0n) is 17.5. The molecule has 0 saturated carbocycles. The Morgan fingerprint density at radius 1 is 1.00 bits per heavy atom. The number of benzene rings is 3. The van der Waals surface area contributed by atoms with Gasteiger partial charge in [0.25, 0.3) is 5.91 Å². The summed E-state index contributed by atoms with van der Waals surface area (Å²) in [5, 5.41) is 8.35. The van der Waals surface area contributed by atoms with Gasteiger partial charge in [-0.05, 0) is 54.6 Å². The molecule has 34 heavy (non-hydrogen) atoms. The second-order valence-corrected chi connectivity index (χ2v) is 8.06. The minimum Gasteiger partial charge on any atom is -0.467 e. The Labute approximate surface area is 204 Å². The third kappa shape index (κ3) is 4.68. The summed E-state index contributed by atoms with van der Waals surface area (Å²) in [6, 6.07) is 19.8. The molecular formula is C24H16Cl2N6O2. The molecule has 3 aromatic carbocycles. The summed E-state index contributed by atoms with van der Waals surface area (Å²) in [5.74, 6) is 0.393. The minimum atomic E-state index is -0.384. The molecule has 168 valence electrons. The molecule has 0 saturated heterocycles. The van der Waals surface area contributed by atoms with E-state index in [1.54, 1.807) is 29.2 Å². The molecule has 0 bridgehead atoms. The lowest BCUT2D eigenvalue weighted by molar-refractivity contribution is -0.118. The Balaban J connectivity index is 1.39. The normalized spacial score (nSPS) is 10.9. The maximum Gasteiger partial charge on any atom is 0.262 e. The highest BCUT2D eigenvalue weighted by Gasteiger charge is 2.13. The molecule has 0 aliphatic carbocycles. The number of carbonyl (C=O) groups is 1. The van der Waals surface area contributed by atoms with Crippen molar-refractivity contribution in [3.05, 3.63) is 89.4 Å². The Hall–Kier alpha value is -4.01. The van der Waals surface area contributed by atoms with Gasteiger partial charge in [-0.1, -0.05) is 35.3 Å². The van der Waals surface area contributed by atoms with Gasteiger partial charge in [-0.25, -0.2) is 14.6 Å². The predicted octanol–water partition coefficient (Wildman–Crippen LogP) is 5.20. The molecule has 5 rings (SSSR count). The first-order chi connectivity index (χ1) is 16.6. The van der Waals surface area contributed by atoms with E-state index in [1.165, 1.54) is 6.33 Å². The van der Waals surface area contributed by atoms with Gasteiger partial charge >= 0.3 is 0 Å². The van der Waals surface area contributed by atoms with Crippen LogP contribution in [0.15, 0.2) is 79.4 Å². The van der Waals surface area contributed by atoms with Crippen molar-refractivity contribution in [1.82, 2.24) is 24.7 Å². The molecule has 0 atom stereocenters. The number of anilines is 1. The van der Waals surface area contributed by atoms with Crippen LogP contribution < -0.4 is 10.1 Å². The summed E-state index contributed by atoms with van der Waals surface area (Å²) in [7, 11) is 0. The highest BCUT2D eigenvalue weighted by molar-refractivity contribution is 6.36. The highest BCUT2D eigenvalue weighted by Crippen LogP contribution is 2.28. The van der Waals surface area contributed by atoms with Crippen LogP contribution >= 0.6 is 23.2 Å². The number of aromatic nitrogens is 5. The largest absolute Gasteiger partial charge is 0.467 e. The number of ether oxygens (including phenoxy) is 1. The molecule has 0 aliphatic heterocycles. The van der Waals surface area contributed by atoms with E-state index in [0.29, 0.717) is 38.3 Å². The molecule has 0 fully saturated rings. The topological polar surface area (TPSA) is 94.8 Å². The van der Waals surface area contributed by atoms with E-state index in [1.807, 2.05) is 48.5 Å². The predicted molar refractivity (Wildman–Crippen MR) is 130 cm³/mol. The van der Waals surface area contributed by atoms with Gasteiger partial charge in [-0.2, -0.15) is 10.1 Å². The second-order valence-electron chi connectivity index (χ2n) is 7.22. The van der Waals surface area contributed by atoms with Crippen molar-refractivity contribution < 1.29 is 9.53 Å². The molecule has 0 unspecified atom stereocenters. The zero-order chi connectivity index (χ0) is 23.5. The van der Waals surface area contributed by atoms with Gasteiger partial charge in [0.2, 0.25) is 5.88 Å². The van der Waals surface area contributed by atoms with Gasteiger partial charge in [-0.3, -0.25) is 4.79 Å². The Bertz CT molecular complexity index is 1470. The number of rotatable bonds is 6. The maximum atomic E-state index is 12.5. The molecule has 1 amide bonds. The lowest BCUT2D eigenvalue weighted by Gasteiger charge is -2.11. The number of hydrogen-bond donors (Lipinski definition) is 1. The lowest BCUT2D eigenvalue weighted by atomic mass is 10.1. The van der Waals surface area contributed by atoms with E-state index in [-0.39, 0.29) is 12.5 Å². The van der Waals surface area contributed by atoms with E-state index in [2.05, 4.69) is 25.4 Å². The van der Waals surface area contributed by atoms with Gasteiger partial charge in [-0.15, -0.1) is 0 Å². The molecule has 10 heteroatoms. The molecule has 0 radical (unpaired) electrons. The van der Waals surface area contributed by atoms with Gasteiger partial charge < -0.3 is 10.1 Å². The van der Waals surface area contributed by atoms with Crippen LogP contribution in [0.2, 0.25) is 10.0 Å². The van der Waals surface area contributed by atoms with Crippen LogP contribution in [0, 0.1) is 0 Å². The summed E-state index contributed by atoms with van der Waals surface area (Å²) in [5.41, 5.74) is 2.79. The van der Waals surface area contributed by atoms with Crippen molar-refractivity contribution in [3.63, 3.8) is 0 Å². The van der Waals surface area contributed by atoms with Crippen molar-refractivity contribution >= 4 is 45.7 Å². The van der Waals surface area contributed by atoms with E-state index < -0.39 is 0 Å². The SMILES string of the molecule is O=C(COc1nc(-c2ccc(-n3cncn3)cc2)nc2ccccc12)Nc1ccc(Cl)cc1Cl. The number of nitrogens with zero attached hydrogens (tertiary/aromatic N) is 5. The van der Waals surface area contributed by atoms with Crippen LogP contribution in [-0.4, -0.2) is 37.2 Å². The standard InChI is InChI=1S/C24H16Cl2N6O2/c25-16-7-10-21(19(26)11-16)29-22(33)12-34-24-18-3-1-2-4-20(18)30-23(31-24)15-5-8-17(9-6-15)32-14-27-13-28-32/h1-11,13-14H,12H2,(H,29,33). The average Bonchev–Trinajstić information content (AvgIpc) is 3.39. The smallest absolute Gasteiger partial charge is 0.262 e. The first-order valence-electron chi connectivity index (χ1n) is 10.2. The van der Waals surface area contributed by atoms with Crippen LogP contribution in [-0.2, 0) is 4.79 Å². The average molecular weight is 491 g/mol. The number of amides is 1. The molecule has 1 N–H and O–H groups in total. The molecule has 5 aromatic rings. The van der Waals surface area contributed by atoms with Crippen molar-refractivity contribution in [3.8, 4) is 23.0 Å². The van der Waals surface area contributed by atoms with Crippen molar-refractivity contribution in [1.29, 1.82) is 0 Å². The molecule has 2 heterocycles. The number of para-hydroxylation sites is 1. The van der Waals surface area contributed by atoms with Crippen LogP contribution in [0.1, 0.15) is 0 Å². The second kappa shape index (κ2) is 9.46. The van der Waals surface area contributed by atoms with Crippen molar-refractivity contribution in [2.24, 2.45) is 0 Å². The van der Waals surface area contributed by atoms with Crippen molar-refractivity contribution in [2.75, 3.05) is 11.9 Å². The van der Waals surface area contributed by atoms with Crippen molar-refractivity contribution in [2.45, 2.75) is 0 Å². The van der Waals surface area contributed by atoms with E-state index in [0.717, 1.165) is 11.3 Å². The van der Waals surface area contributed by atoms with E-state index in [9.17, 15) is 4.79 Å². The molecule has 8 nitrogen and oxygen atoms in total. The lowest BCUT2D eigenvalue weighted by Crippen LogP contribution is -2.21. The fraction of sp³-hybridized carbons (Fsp3) is 0.0417. The quantitative estimate of drug-likeness (QED) is 0.351. The minimum absolute atomic E-state index is 0.259. The monoisotopic (exact) mass is 490 g/mol.